The third kappa shape index (κ3) is 11.1. The van der Waals surface area contributed by atoms with Crippen molar-refractivity contribution in [2.75, 3.05) is 13.7 Å². The normalized spacial score (nSPS) is 14.0. The zero-order valence-corrected chi connectivity index (χ0v) is 30.6. The second-order valence-corrected chi connectivity index (χ2v) is 15.1. The number of nitrogens with zero attached hydrogens (tertiary/aromatic N) is 2. The first-order valence-electron chi connectivity index (χ1n) is 15.6. The van der Waals surface area contributed by atoms with Gasteiger partial charge in [0.15, 0.2) is 11.6 Å². The van der Waals surface area contributed by atoms with Crippen LogP contribution in [0.25, 0.3) is 0 Å². The van der Waals surface area contributed by atoms with Crippen LogP contribution < -0.4 is 25.8 Å². The Bertz CT molecular complexity index is 1800. The third-order valence-corrected chi connectivity index (χ3v) is 10.00. The minimum atomic E-state index is -4.10. The molecular weight excluding hydrogens is 695 g/mol. The van der Waals surface area contributed by atoms with Gasteiger partial charge in [-0.05, 0) is 94.8 Å². The Hall–Kier alpha value is -4.35. The van der Waals surface area contributed by atoms with E-state index in [1.54, 1.807) is 53.0 Å². The lowest BCUT2D eigenvalue weighted by Gasteiger charge is -2.27. The monoisotopic (exact) mass is 738 g/mol. The van der Waals surface area contributed by atoms with Crippen LogP contribution in [0.4, 0.5) is 13.6 Å². The summed E-state index contributed by atoms with van der Waals surface area (Å²) in [4.78, 5) is 34.6. The molecule has 13 nitrogen and oxygen atoms in total. The van der Waals surface area contributed by atoms with E-state index in [2.05, 4.69) is 25.3 Å². The minimum Gasteiger partial charge on any atom is -0.496 e. The van der Waals surface area contributed by atoms with Crippen LogP contribution in [0.3, 0.4) is 0 Å². The maximum Gasteiger partial charge on any atom is 0.408 e. The number of rotatable bonds is 14. The number of aliphatic imine (C=N–C) groups is 1. The lowest BCUT2D eigenvalue weighted by molar-refractivity contribution is -0.124. The maximum absolute atomic E-state index is 14.0. The van der Waals surface area contributed by atoms with Gasteiger partial charge < -0.3 is 30.9 Å². The van der Waals surface area contributed by atoms with Gasteiger partial charge >= 0.3 is 6.09 Å². The van der Waals surface area contributed by atoms with Crippen LogP contribution in [-0.2, 0) is 26.0 Å². The number of methoxy groups -OCH3 is 1. The number of amides is 2. The van der Waals surface area contributed by atoms with Gasteiger partial charge in [0.2, 0.25) is 11.9 Å². The van der Waals surface area contributed by atoms with Gasteiger partial charge in [-0.25, -0.2) is 31.7 Å². The molecule has 2 aromatic carbocycles. The number of nitrogens with one attached hydrogen (secondary N) is 3. The predicted octanol–water partition coefficient (Wildman–Crippen LogP) is 4.08. The van der Waals surface area contributed by atoms with E-state index in [0.29, 0.717) is 27.4 Å². The molecule has 0 aliphatic carbocycles. The molecule has 0 aliphatic heterocycles. The summed E-state index contributed by atoms with van der Waals surface area (Å²) in [6.07, 6.45) is -0.578. The molecule has 6 N–H and O–H groups in total. The van der Waals surface area contributed by atoms with Crippen LogP contribution in [0.5, 0.6) is 5.75 Å². The number of ether oxygens (including phenoxy) is 2. The fraction of sp³-hybridized carbons (Fsp3) is 0.455. The Morgan fingerprint density at radius 3 is 2.40 bits per heavy atom. The number of alkyl carbamates (subject to hydrolysis) is 1. The highest BCUT2D eigenvalue weighted by Crippen LogP contribution is 2.30. The van der Waals surface area contributed by atoms with Crippen molar-refractivity contribution in [1.82, 2.24) is 20.3 Å². The lowest BCUT2D eigenvalue weighted by atomic mass is 10.0. The Kier molecular flexibility index (Phi) is 13.7. The van der Waals surface area contributed by atoms with Crippen LogP contribution in [-0.4, -0.2) is 67.8 Å². The fourth-order valence-electron chi connectivity index (χ4n) is 5.08. The van der Waals surface area contributed by atoms with Crippen molar-refractivity contribution in [3.63, 3.8) is 0 Å². The molecule has 3 atom stereocenters. The second-order valence-electron chi connectivity index (χ2n) is 12.6. The smallest absolute Gasteiger partial charge is 0.408 e. The number of carbonyl (C=O) groups excluding carboxylic acids is 2. The number of carbonyl (C=O) groups is 2. The Morgan fingerprint density at radius 2 is 1.80 bits per heavy atom. The molecule has 0 saturated heterocycles. The van der Waals surface area contributed by atoms with Gasteiger partial charge in [0.1, 0.15) is 28.5 Å². The molecule has 17 heteroatoms. The van der Waals surface area contributed by atoms with Crippen molar-refractivity contribution < 1.29 is 41.4 Å². The highest BCUT2D eigenvalue weighted by Gasteiger charge is 2.30. The van der Waals surface area contributed by atoms with Crippen LogP contribution in [0.2, 0.25) is 0 Å². The molecule has 2 amide bonds. The molecule has 0 saturated carbocycles. The zero-order chi connectivity index (χ0) is 37.4. The molecule has 0 fully saturated rings. The van der Waals surface area contributed by atoms with Crippen molar-refractivity contribution in [2.24, 2.45) is 10.7 Å². The Morgan fingerprint density at radius 1 is 1.10 bits per heavy atom. The van der Waals surface area contributed by atoms with E-state index in [1.165, 1.54) is 19.4 Å². The van der Waals surface area contributed by atoms with Crippen LogP contribution in [0.1, 0.15) is 67.0 Å². The van der Waals surface area contributed by atoms with Crippen molar-refractivity contribution in [3.8, 4) is 5.75 Å². The average molecular weight is 739 g/mol. The van der Waals surface area contributed by atoms with E-state index in [9.17, 15) is 31.9 Å². The summed E-state index contributed by atoms with van der Waals surface area (Å²) in [5, 5.41) is 18.3. The summed E-state index contributed by atoms with van der Waals surface area (Å²) in [5.74, 6) is -2.73. The highest BCUT2D eigenvalue weighted by atomic mass is 32.2. The summed E-state index contributed by atoms with van der Waals surface area (Å²) in [6.45, 7) is 9.99. The van der Waals surface area contributed by atoms with Gasteiger partial charge in [-0.3, -0.25) is 9.79 Å². The van der Waals surface area contributed by atoms with Crippen molar-refractivity contribution in [3.05, 3.63) is 74.7 Å². The van der Waals surface area contributed by atoms with Crippen LogP contribution >= 0.6 is 11.3 Å². The first-order chi connectivity index (χ1) is 23.3. The average Bonchev–Trinajstić information content (AvgIpc) is 3.55. The Labute approximate surface area is 294 Å². The van der Waals surface area contributed by atoms with Crippen LogP contribution in [0.15, 0.2) is 45.7 Å². The van der Waals surface area contributed by atoms with Gasteiger partial charge in [0.25, 0.3) is 10.0 Å². The molecule has 3 rings (SSSR count). The number of benzene rings is 2. The van der Waals surface area contributed by atoms with Crippen molar-refractivity contribution >= 4 is 39.3 Å². The molecule has 0 bridgehead atoms. The molecule has 1 heterocycles. The zero-order valence-electron chi connectivity index (χ0n) is 29.0. The molecule has 1 aromatic heterocycles. The number of hydrogen-bond acceptors (Lipinski definition) is 10. The number of sulfonamides is 1. The van der Waals surface area contributed by atoms with Gasteiger partial charge in [0, 0.05) is 24.5 Å². The van der Waals surface area contributed by atoms with Crippen molar-refractivity contribution in [2.45, 2.75) is 89.5 Å². The SMILES string of the molecule is COc1cc(C)c(S(=O)(=O)NC(N)=NCCC[C@H](NC(=O)[C@H](Cc2ccc(F)c(F)c2)NC(=O)OC(C)(C)C)C(O)c2nccs2)c(C)c1C. The molecule has 0 spiro atoms. The van der Waals surface area contributed by atoms with Crippen molar-refractivity contribution in [1.29, 1.82) is 0 Å². The van der Waals surface area contributed by atoms with E-state index >= 15 is 0 Å². The van der Waals surface area contributed by atoms with Gasteiger partial charge in [-0.15, -0.1) is 11.3 Å². The second kappa shape index (κ2) is 17.0. The number of aliphatic hydroxyl groups excluding tert-OH is 1. The lowest BCUT2D eigenvalue weighted by Crippen LogP contribution is -2.52. The summed E-state index contributed by atoms with van der Waals surface area (Å²) in [5.41, 5.74) is 6.91. The van der Waals surface area contributed by atoms with Gasteiger partial charge in [0.05, 0.1) is 18.0 Å². The van der Waals surface area contributed by atoms with E-state index in [0.717, 1.165) is 23.5 Å². The standard InChI is InChI=1S/C33H44F2N6O7S2/c1-18-15-26(47-7)19(2)20(3)28(18)50(45,46)41-31(36)38-12-8-9-24(27(42)30-37-13-14-49-30)39-29(43)25(40-32(44)48-33(4,5)6)17-21-10-11-22(34)23(35)16-21/h10-11,13-16,24-25,27,42H,8-9,12,17H2,1-7H3,(H,39,43)(H,40,44)(H3,36,38,41)/t24-,25-,27?/m0/s1. The first kappa shape index (κ1) is 40.1. The largest absolute Gasteiger partial charge is 0.496 e. The summed E-state index contributed by atoms with van der Waals surface area (Å²) in [7, 11) is -2.60. The number of hydrogen-bond donors (Lipinski definition) is 5. The molecule has 1 unspecified atom stereocenters. The molecule has 0 radical (unpaired) electrons. The number of nitrogens with two attached hydrogens (primary N) is 1. The fourth-order valence-corrected chi connectivity index (χ4v) is 7.25. The number of aromatic nitrogens is 1. The van der Waals surface area contributed by atoms with E-state index in [1.807, 2.05) is 0 Å². The van der Waals surface area contributed by atoms with Crippen LogP contribution in [0, 0.1) is 32.4 Å². The molecular formula is C33H44F2N6O7S2. The summed E-state index contributed by atoms with van der Waals surface area (Å²) < 4.78 is 66.9. The predicted molar refractivity (Wildman–Crippen MR) is 185 cm³/mol. The number of aliphatic hydroxyl groups is 1. The Balaban J connectivity index is 1.77. The summed E-state index contributed by atoms with van der Waals surface area (Å²) in [6, 6.07) is 2.47. The molecule has 3 aromatic rings. The topological polar surface area (TPSA) is 194 Å². The summed E-state index contributed by atoms with van der Waals surface area (Å²) >= 11 is 1.16. The molecule has 50 heavy (non-hydrogen) atoms. The maximum atomic E-state index is 14.0. The van der Waals surface area contributed by atoms with Gasteiger partial charge in [-0.2, -0.15) is 0 Å². The van der Waals surface area contributed by atoms with E-state index in [-0.39, 0.29) is 42.2 Å². The van der Waals surface area contributed by atoms with E-state index in [4.69, 9.17) is 15.2 Å². The number of aryl methyl sites for hydroxylation is 1. The van der Waals surface area contributed by atoms with Gasteiger partial charge in [-0.1, -0.05) is 6.07 Å². The highest BCUT2D eigenvalue weighted by molar-refractivity contribution is 7.90. The first-order valence-corrected chi connectivity index (χ1v) is 18.0. The molecule has 0 aliphatic rings. The quantitative estimate of drug-likeness (QED) is 0.0921. The van der Waals surface area contributed by atoms with E-state index < -0.39 is 57.4 Å². The third-order valence-electron chi connectivity index (χ3n) is 7.51. The number of halogens is 2. The number of thiazole rings is 1. The number of guanidine groups is 1. The minimum absolute atomic E-state index is 0.0133. The molecule has 274 valence electrons.